The molecule has 1 aromatic rings. The summed E-state index contributed by atoms with van der Waals surface area (Å²) in [5.74, 6) is -1.34. The number of carbonyl (C=O) groups excluding carboxylic acids is 2. The fourth-order valence-corrected chi connectivity index (χ4v) is 4.98. The first kappa shape index (κ1) is 24.6. The van der Waals surface area contributed by atoms with Gasteiger partial charge in [0.15, 0.2) is 0 Å². The van der Waals surface area contributed by atoms with Crippen molar-refractivity contribution in [3.63, 3.8) is 0 Å². The molecule has 0 radical (unpaired) electrons. The van der Waals surface area contributed by atoms with Crippen molar-refractivity contribution >= 4 is 30.4 Å². The van der Waals surface area contributed by atoms with Crippen molar-refractivity contribution in [2.24, 2.45) is 5.92 Å². The lowest BCUT2D eigenvalue weighted by Crippen LogP contribution is -2.61. The second-order valence-electron chi connectivity index (χ2n) is 8.97. The Labute approximate surface area is 195 Å². The minimum absolute atomic E-state index is 0.256. The van der Waals surface area contributed by atoms with Crippen LogP contribution in [0.3, 0.4) is 0 Å². The summed E-state index contributed by atoms with van der Waals surface area (Å²) >= 11 is 4.51. The van der Waals surface area contributed by atoms with E-state index in [2.05, 4.69) is 23.3 Å². The Kier molecular flexibility index (Phi) is 8.99. The lowest BCUT2D eigenvalue weighted by Gasteiger charge is -2.32. The van der Waals surface area contributed by atoms with Crippen LogP contribution in [0, 0.1) is 5.92 Å². The fourth-order valence-electron chi connectivity index (χ4n) is 4.62. The van der Waals surface area contributed by atoms with Crippen LogP contribution < -0.4 is 10.6 Å². The maximum atomic E-state index is 13.2. The van der Waals surface area contributed by atoms with E-state index < -0.39 is 28.7 Å². The van der Waals surface area contributed by atoms with Crippen molar-refractivity contribution in [3.05, 3.63) is 35.9 Å². The Balaban J connectivity index is 1.60. The Hall–Kier alpha value is -2.06. The predicted molar refractivity (Wildman–Crippen MR) is 125 cm³/mol. The molecule has 32 heavy (non-hydrogen) atoms. The zero-order valence-corrected chi connectivity index (χ0v) is 19.3. The molecule has 2 aliphatic rings. The number of rotatable bonds is 10. The third-order valence-electron chi connectivity index (χ3n) is 6.62. The molecule has 2 amide bonds. The summed E-state index contributed by atoms with van der Waals surface area (Å²) in [7, 11) is 0. The van der Waals surface area contributed by atoms with Gasteiger partial charge in [-0.05, 0) is 56.4 Å². The molecule has 1 aliphatic heterocycles. The number of aryl methyl sites for hydroxylation is 1. The summed E-state index contributed by atoms with van der Waals surface area (Å²) < 4.78 is 5.37. The molecule has 1 saturated carbocycles. The highest BCUT2D eigenvalue weighted by molar-refractivity contribution is 7.81. The van der Waals surface area contributed by atoms with Crippen molar-refractivity contribution in [2.75, 3.05) is 13.2 Å². The average molecular weight is 463 g/mol. The molecule has 176 valence electrons. The topological polar surface area (TPSA) is 105 Å². The number of hydrogen-bond acceptors (Lipinski definition) is 5. The van der Waals surface area contributed by atoms with E-state index in [1.54, 1.807) is 0 Å². The van der Waals surface area contributed by atoms with Crippen LogP contribution in [0.4, 0.5) is 0 Å². The van der Waals surface area contributed by atoms with Gasteiger partial charge in [-0.3, -0.25) is 9.59 Å². The first-order valence-corrected chi connectivity index (χ1v) is 12.1. The van der Waals surface area contributed by atoms with Crippen LogP contribution in [0.15, 0.2) is 30.3 Å². The molecule has 1 aromatic carbocycles. The number of nitrogens with one attached hydrogen (secondary N) is 2. The van der Waals surface area contributed by atoms with E-state index in [0.29, 0.717) is 44.8 Å². The van der Waals surface area contributed by atoms with E-state index in [-0.39, 0.29) is 12.3 Å². The predicted octanol–water partition coefficient (Wildman–Crippen LogP) is 2.73. The smallest absolute Gasteiger partial charge is 0.326 e. The van der Waals surface area contributed by atoms with Gasteiger partial charge in [-0.2, -0.15) is 12.6 Å². The van der Waals surface area contributed by atoms with Gasteiger partial charge in [-0.25, -0.2) is 4.79 Å². The molecule has 7 nitrogen and oxygen atoms in total. The number of aliphatic carboxylic acids is 1. The monoisotopic (exact) mass is 462 g/mol. The zero-order valence-electron chi connectivity index (χ0n) is 18.4. The Morgan fingerprint density at radius 1 is 1.12 bits per heavy atom. The molecular weight excluding hydrogens is 428 g/mol. The maximum Gasteiger partial charge on any atom is 0.326 e. The lowest BCUT2D eigenvalue weighted by atomic mass is 9.92. The van der Waals surface area contributed by atoms with Crippen molar-refractivity contribution < 1.29 is 24.2 Å². The van der Waals surface area contributed by atoms with E-state index in [1.165, 1.54) is 0 Å². The summed E-state index contributed by atoms with van der Waals surface area (Å²) in [4.78, 5) is 37.9. The van der Waals surface area contributed by atoms with Crippen LogP contribution in [0.1, 0.15) is 56.9 Å². The molecule has 0 aromatic heterocycles. The molecule has 1 heterocycles. The van der Waals surface area contributed by atoms with Crippen LogP contribution in [0.25, 0.3) is 0 Å². The number of ether oxygens (including phenoxy) is 1. The molecule has 3 N–H and O–H groups in total. The van der Waals surface area contributed by atoms with Gasteiger partial charge < -0.3 is 20.5 Å². The van der Waals surface area contributed by atoms with E-state index in [1.807, 2.05) is 30.3 Å². The normalized spacial score (nSPS) is 20.3. The lowest BCUT2D eigenvalue weighted by molar-refractivity contribution is -0.143. The van der Waals surface area contributed by atoms with Crippen LogP contribution in [-0.4, -0.2) is 52.9 Å². The highest BCUT2D eigenvalue weighted by Crippen LogP contribution is 2.31. The molecule has 1 aliphatic carbocycles. The van der Waals surface area contributed by atoms with Gasteiger partial charge >= 0.3 is 5.97 Å². The average Bonchev–Trinajstić information content (AvgIpc) is 3.27. The second-order valence-corrected chi connectivity index (χ2v) is 9.60. The molecule has 2 fully saturated rings. The fraction of sp³-hybridized carbons (Fsp3) is 0.625. The first-order valence-electron chi connectivity index (χ1n) is 11.6. The van der Waals surface area contributed by atoms with Gasteiger partial charge in [0.2, 0.25) is 11.8 Å². The highest BCUT2D eigenvalue weighted by atomic mass is 32.1. The van der Waals surface area contributed by atoms with Gasteiger partial charge in [-0.1, -0.05) is 43.2 Å². The molecule has 3 rings (SSSR count). The number of benzene rings is 1. The van der Waals surface area contributed by atoms with Crippen molar-refractivity contribution in [3.8, 4) is 0 Å². The minimum Gasteiger partial charge on any atom is -0.480 e. The molecular formula is C24H34N2O5S. The Morgan fingerprint density at radius 3 is 2.41 bits per heavy atom. The Morgan fingerprint density at radius 2 is 1.78 bits per heavy atom. The quantitative estimate of drug-likeness (QED) is 0.400. The van der Waals surface area contributed by atoms with Crippen molar-refractivity contribution in [2.45, 2.75) is 74.6 Å². The van der Waals surface area contributed by atoms with Crippen LogP contribution >= 0.6 is 12.6 Å². The van der Waals surface area contributed by atoms with Crippen molar-refractivity contribution in [1.29, 1.82) is 0 Å². The van der Waals surface area contributed by atoms with E-state index in [0.717, 1.165) is 31.2 Å². The number of carboxylic acids is 1. The van der Waals surface area contributed by atoms with E-state index in [9.17, 15) is 19.5 Å². The SMILES string of the molecule is O=C(O)[C@H](CCc1ccccc1)NC(=O)C1(NC(=O)[C@@H](S)CC2CCOCC2)CCCC1. The molecule has 0 spiro atoms. The first-order chi connectivity index (χ1) is 15.4. The molecule has 8 heteroatoms. The summed E-state index contributed by atoms with van der Waals surface area (Å²) in [5.41, 5.74) is -0.0447. The summed E-state index contributed by atoms with van der Waals surface area (Å²) in [6.07, 6.45) is 5.94. The number of carboxylic acid groups (broad SMARTS) is 1. The van der Waals surface area contributed by atoms with Gasteiger partial charge in [0, 0.05) is 13.2 Å². The largest absolute Gasteiger partial charge is 0.480 e. The van der Waals surface area contributed by atoms with Crippen LogP contribution in [0.2, 0.25) is 0 Å². The van der Waals surface area contributed by atoms with E-state index >= 15 is 0 Å². The molecule has 0 bridgehead atoms. The standard InChI is InChI=1S/C24H34N2O5S/c27-21(20(32)16-18-10-14-31-15-11-18)26-24(12-4-5-13-24)23(30)25-19(22(28)29)9-8-17-6-2-1-3-7-17/h1-3,6-7,18-20,32H,4-5,8-16H2,(H,25,30)(H,26,27)(H,28,29)/t19-,20-/m0/s1. The van der Waals surface area contributed by atoms with Gasteiger partial charge in [-0.15, -0.1) is 0 Å². The number of amides is 2. The molecule has 2 atom stereocenters. The summed E-state index contributed by atoms with van der Waals surface area (Å²) in [6, 6.07) is 8.58. The second kappa shape index (κ2) is 11.7. The number of hydrogen-bond donors (Lipinski definition) is 4. The zero-order chi connectivity index (χ0) is 23.0. The third kappa shape index (κ3) is 6.72. The van der Waals surface area contributed by atoms with Crippen LogP contribution in [0.5, 0.6) is 0 Å². The van der Waals surface area contributed by atoms with Gasteiger partial charge in [0.05, 0.1) is 5.25 Å². The van der Waals surface area contributed by atoms with Crippen LogP contribution in [-0.2, 0) is 25.5 Å². The van der Waals surface area contributed by atoms with Crippen molar-refractivity contribution in [1.82, 2.24) is 10.6 Å². The highest BCUT2D eigenvalue weighted by Gasteiger charge is 2.44. The van der Waals surface area contributed by atoms with Gasteiger partial charge in [0.25, 0.3) is 0 Å². The Bertz CT molecular complexity index is 776. The summed E-state index contributed by atoms with van der Waals surface area (Å²) in [5, 5.41) is 14.8. The number of thiol groups is 1. The van der Waals surface area contributed by atoms with E-state index in [4.69, 9.17) is 4.74 Å². The molecule has 1 saturated heterocycles. The maximum absolute atomic E-state index is 13.2. The minimum atomic E-state index is -1.07. The number of carbonyl (C=O) groups is 3. The molecule has 0 unspecified atom stereocenters. The third-order valence-corrected chi connectivity index (χ3v) is 7.07. The summed E-state index contributed by atoms with van der Waals surface area (Å²) in [6.45, 7) is 1.41. The van der Waals surface area contributed by atoms with Gasteiger partial charge in [0.1, 0.15) is 11.6 Å².